The summed E-state index contributed by atoms with van der Waals surface area (Å²) in [6.07, 6.45) is 5.97. The molecule has 37 heavy (non-hydrogen) atoms. The maximum Gasteiger partial charge on any atom is 0.266 e. The fourth-order valence-corrected chi connectivity index (χ4v) is 4.97. The molecule has 1 aromatic carbocycles. The van der Waals surface area contributed by atoms with E-state index in [-0.39, 0.29) is 36.4 Å². The largest absolute Gasteiger partial charge is 0.374 e. The van der Waals surface area contributed by atoms with Crippen LogP contribution in [0, 0.1) is 12.7 Å². The van der Waals surface area contributed by atoms with Gasteiger partial charge in [0.05, 0.1) is 18.3 Å². The molecule has 1 atom stereocenters. The molecule has 1 aliphatic heterocycles. The van der Waals surface area contributed by atoms with Crippen molar-refractivity contribution >= 4 is 35.6 Å². The van der Waals surface area contributed by atoms with Gasteiger partial charge in [-0.05, 0) is 44.4 Å². The van der Waals surface area contributed by atoms with E-state index < -0.39 is 24.3 Å². The van der Waals surface area contributed by atoms with Crippen LogP contribution in [0.1, 0.15) is 59.5 Å². The third-order valence-electron chi connectivity index (χ3n) is 6.71. The molecule has 1 aliphatic rings. The summed E-state index contributed by atoms with van der Waals surface area (Å²) in [6.45, 7) is 3.37. The number of thiol groups is 1. The Hall–Kier alpha value is -3.47. The molecule has 1 unspecified atom stereocenters. The molecule has 1 fully saturated rings. The first-order chi connectivity index (χ1) is 17.7. The van der Waals surface area contributed by atoms with E-state index in [1.54, 1.807) is 25.3 Å². The summed E-state index contributed by atoms with van der Waals surface area (Å²) in [5, 5.41) is 7.71. The molecule has 0 amide bonds. The van der Waals surface area contributed by atoms with E-state index in [9.17, 15) is 13.6 Å². The molecule has 0 spiro atoms. The summed E-state index contributed by atoms with van der Waals surface area (Å²) in [7, 11) is 0. The number of ketones is 1. The second-order valence-electron chi connectivity index (χ2n) is 9.33. The van der Waals surface area contributed by atoms with E-state index in [0.29, 0.717) is 34.7 Å². The van der Waals surface area contributed by atoms with Gasteiger partial charge in [0.2, 0.25) is 0 Å². The molecular formula is C26H27F3N6OS. The van der Waals surface area contributed by atoms with Crippen molar-refractivity contribution in [3.8, 4) is 0 Å². The number of hydrogen-bond donors (Lipinski definition) is 2. The third kappa shape index (κ3) is 4.92. The number of imidazole rings is 1. The van der Waals surface area contributed by atoms with Gasteiger partial charge in [-0.2, -0.15) is 5.10 Å². The number of nitrogens with one attached hydrogen (secondary N) is 1. The van der Waals surface area contributed by atoms with Crippen molar-refractivity contribution in [2.45, 2.75) is 45.1 Å². The van der Waals surface area contributed by atoms with E-state index in [1.165, 1.54) is 15.1 Å². The van der Waals surface area contributed by atoms with Crippen LogP contribution in [0.2, 0.25) is 0 Å². The van der Waals surface area contributed by atoms with Crippen LogP contribution < -0.4 is 10.2 Å². The Morgan fingerprint density at radius 3 is 2.76 bits per heavy atom. The summed E-state index contributed by atoms with van der Waals surface area (Å²) in [4.78, 5) is 18.8. The highest BCUT2D eigenvalue weighted by Gasteiger charge is 2.38. The molecule has 3 aromatic heterocycles. The zero-order chi connectivity index (χ0) is 26.3. The number of nitrogens with zero attached hydrogens (tertiary/aromatic N) is 5. The van der Waals surface area contributed by atoms with Crippen LogP contribution in [0.25, 0.3) is 5.65 Å². The first-order valence-electron chi connectivity index (χ1n) is 12.1. The zero-order valence-electron chi connectivity index (χ0n) is 20.5. The highest BCUT2D eigenvalue weighted by Crippen LogP contribution is 2.37. The Bertz CT molecular complexity index is 1470. The zero-order valence-corrected chi connectivity index (χ0v) is 21.4. The van der Waals surface area contributed by atoms with E-state index in [0.717, 1.165) is 0 Å². The van der Waals surface area contributed by atoms with Crippen molar-refractivity contribution < 1.29 is 18.0 Å². The predicted molar refractivity (Wildman–Crippen MR) is 139 cm³/mol. The van der Waals surface area contributed by atoms with Crippen molar-refractivity contribution in [1.82, 2.24) is 18.6 Å². The molecule has 1 saturated heterocycles. The maximum atomic E-state index is 15.8. The van der Waals surface area contributed by atoms with Crippen LogP contribution in [0.5, 0.6) is 0 Å². The Labute approximate surface area is 217 Å². The normalized spacial score (nSPS) is 15.9. The first kappa shape index (κ1) is 25.2. The van der Waals surface area contributed by atoms with Gasteiger partial charge in [-0.3, -0.25) is 4.79 Å². The van der Waals surface area contributed by atoms with Crippen molar-refractivity contribution in [1.29, 1.82) is 0 Å². The van der Waals surface area contributed by atoms with Gasteiger partial charge in [-0.15, -0.1) is 0 Å². The van der Waals surface area contributed by atoms with Gasteiger partial charge in [-0.1, -0.05) is 13.0 Å². The SMILES string of the molecule is CCCC(=O)c1nn(S)c(C)c1C(Nc1ccn2ccnc2c1)c1ccc(N2CCC(F)(F)C2)cc1F. The van der Waals surface area contributed by atoms with Crippen LogP contribution in [0.4, 0.5) is 24.5 Å². The lowest BCUT2D eigenvalue weighted by Gasteiger charge is -2.24. The Morgan fingerprint density at radius 2 is 2.05 bits per heavy atom. The van der Waals surface area contributed by atoms with Crippen LogP contribution in [-0.2, 0) is 0 Å². The fraction of sp³-hybridized carbons (Fsp3) is 0.346. The lowest BCUT2D eigenvalue weighted by molar-refractivity contribution is 0.0257. The number of carbonyl (C=O) groups is 1. The highest BCUT2D eigenvalue weighted by atomic mass is 32.1. The second kappa shape index (κ2) is 9.77. The van der Waals surface area contributed by atoms with Crippen molar-refractivity contribution in [3.63, 3.8) is 0 Å². The summed E-state index contributed by atoms with van der Waals surface area (Å²) in [5.41, 5.74) is 3.31. The predicted octanol–water partition coefficient (Wildman–Crippen LogP) is 5.70. The number of aromatic nitrogens is 4. The first-order valence-corrected chi connectivity index (χ1v) is 12.5. The molecule has 0 radical (unpaired) electrons. The second-order valence-corrected chi connectivity index (χ2v) is 9.71. The van der Waals surface area contributed by atoms with Gasteiger partial charge in [0.15, 0.2) is 5.78 Å². The number of alkyl halides is 2. The molecule has 194 valence electrons. The Morgan fingerprint density at radius 1 is 1.24 bits per heavy atom. The van der Waals surface area contributed by atoms with Crippen molar-refractivity contribution in [3.05, 3.63) is 77.3 Å². The number of hydrogen-bond acceptors (Lipinski definition) is 6. The summed E-state index contributed by atoms with van der Waals surface area (Å²) < 4.78 is 46.5. The molecule has 5 rings (SSSR count). The lowest BCUT2D eigenvalue weighted by Crippen LogP contribution is -2.25. The minimum absolute atomic E-state index is 0.152. The number of rotatable bonds is 8. The van der Waals surface area contributed by atoms with Crippen LogP contribution >= 0.6 is 12.8 Å². The van der Waals surface area contributed by atoms with Gasteiger partial charge >= 0.3 is 0 Å². The molecule has 0 bridgehead atoms. The van der Waals surface area contributed by atoms with Gasteiger partial charge in [0, 0.05) is 66.5 Å². The average Bonchev–Trinajstić information content (AvgIpc) is 3.55. The minimum Gasteiger partial charge on any atom is -0.374 e. The quantitative estimate of drug-likeness (QED) is 0.227. The third-order valence-corrected chi connectivity index (χ3v) is 7.10. The van der Waals surface area contributed by atoms with E-state index in [4.69, 9.17) is 0 Å². The van der Waals surface area contributed by atoms with Crippen LogP contribution in [-0.4, -0.2) is 43.4 Å². The summed E-state index contributed by atoms with van der Waals surface area (Å²) in [6, 6.07) is 7.34. The number of halogens is 3. The Balaban J connectivity index is 1.60. The minimum atomic E-state index is -2.79. The number of pyridine rings is 1. The smallest absolute Gasteiger partial charge is 0.266 e. The fourth-order valence-electron chi connectivity index (χ4n) is 4.77. The maximum absolute atomic E-state index is 15.8. The number of benzene rings is 1. The summed E-state index contributed by atoms with van der Waals surface area (Å²) in [5.74, 6) is -3.54. The molecule has 7 nitrogen and oxygen atoms in total. The molecule has 0 aliphatic carbocycles. The number of Topliss-reactive ketones (excluding diaryl/α,β-unsaturated/α-hetero) is 1. The summed E-state index contributed by atoms with van der Waals surface area (Å²) >= 11 is 4.38. The van der Waals surface area contributed by atoms with Crippen LogP contribution in [0.15, 0.2) is 48.9 Å². The Kier molecular flexibility index (Phi) is 6.65. The van der Waals surface area contributed by atoms with Gasteiger partial charge in [0.25, 0.3) is 5.92 Å². The van der Waals surface area contributed by atoms with Gasteiger partial charge < -0.3 is 14.6 Å². The van der Waals surface area contributed by atoms with E-state index in [2.05, 4.69) is 28.2 Å². The molecule has 4 heterocycles. The molecule has 11 heteroatoms. The van der Waals surface area contributed by atoms with Gasteiger partial charge in [0.1, 0.15) is 17.2 Å². The van der Waals surface area contributed by atoms with E-state index in [1.807, 2.05) is 35.9 Å². The molecule has 1 N–H and O–H groups in total. The monoisotopic (exact) mass is 528 g/mol. The number of fused-ring (bicyclic) bond motifs is 1. The standard InChI is InChI=1S/C26H27F3N6OS/c1-3-4-21(36)25-23(16(2)35(37)32-25)24(31-17-7-10-33-12-9-30-22(33)13-17)19-6-5-18(14-20(19)27)34-11-8-26(28,29)15-34/h5-7,9-10,12-14,24,31,37H,3-4,8,11,15H2,1-2H3. The molecule has 0 saturated carbocycles. The molecular weight excluding hydrogens is 501 g/mol. The van der Waals surface area contributed by atoms with Crippen LogP contribution in [0.3, 0.4) is 0 Å². The lowest BCUT2D eigenvalue weighted by atomic mass is 9.93. The number of carbonyl (C=O) groups excluding carboxylic acids is 1. The van der Waals surface area contributed by atoms with Gasteiger partial charge in [-0.25, -0.2) is 22.2 Å². The van der Waals surface area contributed by atoms with Crippen molar-refractivity contribution in [2.24, 2.45) is 0 Å². The molecule has 4 aromatic rings. The topological polar surface area (TPSA) is 67.5 Å². The number of anilines is 2. The van der Waals surface area contributed by atoms with E-state index >= 15 is 4.39 Å². The van der Waals surface area contributed by atoms with Crippen molar-refractivity contribution in [2.75, 3.05) is 23.3 Å². The highest BCUT2D eigenvalue weighted by molar-refractivity contribution is 7.78. The average molecular weight is 529 g/mol.